The van der Waals surface area contributed by atoms with Crippen LogP contribution in [0.1, 0.15) is 30.1 Å². The van der Waals surface area contributed by atoms with Crippen LogP contribution in [0.4, 0.5) is 5.82 Å². The third-order valence-corrected chi connectivity index (χ3v) is 5.02. The first kappa shape index (κ1) is 12.1. The van der Waals surface area contributed by atoms with Crippen molar-refractivity contribution in [3.8, 4) is 10.6 Å². The first-order valence-electron chi connectivity index (χ1n) is 6.00. The Balaban J connectivity index is 2.18. The summed E-state index contributed by atoms with van der Waals surface area (Å²) in [6.07, 6.45) is 2.44. The average Bonchev–Trinajstić information content (AvgIpc) is 3.13. The number of anilines is 1. The average molecular weight is 324 g/mol. The van der Waals surface area contributed by atoms with Crippen LogP contribution in [0.15, 0.2) is 15.9 Å². The number of nitrogens with zero attached hydrogens (tertiary/aromatic N) is 2. The van der Waals surface area contributed by atoms with Crippen LogP contribution in [-0.2, 0) is 0 Å². The van der Waals surface area contributed by atoms with Crippen LogP contribution < -0.4 is 5.32 Å². The van der Waals surface area contributed by atoms with Crippen LogP contribution in [0.25, 0.3) is 10.6 Å². The van der Waals surface area contributed by atoms with Gasteiger partial charge in [-0.25, -0.2) is 9.97 Å². The Hall–Kier alpha value is -0.940. The van der Waals surface area contributed by atoms with Crippen molar-refractivity contribution in [2.45, 2.75) is 25.7 Å². The zero-order chi connectivity index (χ0) is 12.7. The number of aromatic nitrogens is 2. The van der Waals surface area contributed by atoms with E-state index in [2.05, 4.69) is 44.6 Å². The van der Waals surface area contributed by atoms with E-state index >= 15 is 0 Å². The van der Waals surface area contributed by atoms with E-state index in [4.69, 9.17) is 4.98 Å². The van der Waals surface area contributed by atoms with Crippen molar-refractivity contribution in [3.05, 3.63) is 27.3 Å². The smallest absolute Gasteiger partial charge is 0.134 e. The van der Waals surface area contributed by atoms with Crippen LogP contribution in [0, 0.1) is 6.92 Å². The van der Waals surface area contributed by atoms with Crippen molar-refractivity contribution in [1.82, 2.24) is 9.97 Å². The fourth-order valence-electron chi connectivity index (χ4n) is 1.99. The van der Waals surface area contributed by atoms with E-state index < -0.39 is 0 Å². The van der Waals surface area contributed by atoms with E-state index in [0.29, 0.717) is 5.92 Å². The van der Waals surface area contributed by atoms with Gasteiger partial charge in [0, 0.05) is 23.0 Å². The Morgan fingerprint density at radius 3 is 2.72 bits per heavy atom. The van der Waals surface area contributed by atoms with Gasteiger partial charge in [0.2, 0.25) is 0 Å². The largest absolute Gasteiger partial charge is 0.373 e. The van der Waals surface area contributed by atoms with E-state index in [1.165, 1.54) is 17.7 Å². The Bertz CT molecular complexity index is 590. The molecular formula is C13H14BrN3S. The van der Waals surface area contributed by atoms with Gasteiger partial charge < -0.3 is 5.32 Å². The Morgan fingerprint density at radius 1 is 1.39 bits per heavy atom. The minimum absolute atomic E-state index is 0.565. The van der Waals surface area contributed by atoms with Crippen LogP contribution in [-0.4, -0.2) is 17.0 Å². The molecule has 0 aliphatic heterocycles. The van der Waals surface area contributed by atoms with Crippen LogP contribution in [0.5, 0.6) is 0 Å². The number of thiophene rings is 1. The summed E-state index contributed by atoms with van der Waals surface area (Å²) in [4.78, 5) is 10.6. The molecule has 1 saturated carbocycles. The summed E-state index contributed by atoms with van der Waals surface area (Å²) < 4.78 is 1.11. The first-order valence-corrected chi connectivity index (χ1v) is 7.67. The van der Waals surface area contributed by atoms with Gasteiger partial charge in [0.15, 0.2) is 0 Å². The summed E-state index contributed by atoms with van der Waals surface area (Å²) in [6, 6.07) is 2.07. The Kier molecular flexibility index (Phi) is 3.11. The van der Waals surface area contributed by atoms with E-state index in [1.807, 2.05) is 7.05 Å². The fourth-order valence-corrected chi connectivity index (χ4v) is 3.59. The van der Waals surface area contributed by atoms with Crippen LogP contribution in [0.2, 0.25) is 0 Å². The number of halogens is 1. The summed E-state index contributed by atoms with van der Waals surface area (Å²) in [6.45, 7) is 2.07. The van der Waals surface area contributed by atoms with Gasteiger partial charge in [0.25, 0.3) is 0 Å². The second kappa shape index (κ2) is 4.63. The summed E-state index contributed by atoms with van der Waals surface area (Å²) in [5.74, 6) is 2.50. The van der Waals surface area contributed by atoms with Crippen molar-refractivity contribution in [2.24, 2.45) is 0 Å². The van der Waals surface area contributed by atoms with Gasteiger partial charge in [-0.1, -0.05) is 0 Å². The van der Waals surface area contributed by atoms with Crippen LogP contribution >= 0.6 is 27.3 Å². The van der Waals surface area contributed by atoms with E-state index in [-0.39, 0.29) is 0 Å². The molecule has 2 aromatic rings. The predicted molar refractivity (Wildman–Crippen MR) is 79.3 cm³/mol. The molecule has 1 aliphatic carbocycles. The Labute approximate surface area is 119 Å². The third kappa shape index (κ3) is 2.06. The summed E-state index contributed by atoms with van der Waals surface area (Å²) >= 11 is 5.30. The normalized spacial score (nSPS) is 14.8. The van der Waals surface area contributed by atoms with Gasteiger partial charge in [0.05, 0.1) is 10.6 Å². The molecule has 3 rings (SSSR count). The maximum Gasteiger partial charge on any atom is 0.134 e. The van der Waals surface area contributed by atoms with E-state index in [0.717, 1.165) is 27.4 Å². The predicted octanol–water partition coefficient (Wildman–Crippen LogP) is 4.20. The lowest BCUT2D eigenvalue weighted by molar-refractivity contribution is 0.925. The molecule has 0 saturated heterocycles. The van der Waals surface area contributed by atoms with E-state index in [9.17, 15) is 0 Å². The highest BCUT2D eigenvalue weighted by Gasteiger charge is 2.28. The maximum atomic E-state index is 4.78. The Morgan fingerprint density at radius 2 is 2.17 bits per heavy atom. The molecule has 3 nitrogen and oxygen atoms in total. The number of hydrogen-bond donors (Lipinski definition) is 1. The van der Waals surface area contributed by atoms with Crippen molar-refractivity contribution in [3.63, 3.8) is 0 Å². The zero-order valence-electron chi connectivity index (χ0n) is 10.3. The lowest BCUT2D eigenvalue weighted by Gasteiger charge is -2.11. The highest BCUT2D eigenvalue weighted by atomic mass is 79.9. The lowest BCUT2D eigenvalue weighted by Crippen LogP contribution is -2.04. The monoisotopic (exact) mass is 323 g/mol. The standard InChI is InChI=1S/C13H14BrN3S/c1-7-10(11-9(14)5-6-18-11)16-13(8-3-4-8)17-12(7)15-2/h5-6,8H,3-4H2,1-2H3,(H,15,16,17). The van der Waals surface area contributed by atoms with Crippen LogP contribution in [0.3, 0.4) is 0 Å². The van der Waals surface area contributed by atoms with Gasteiger partial charge in [-0.2, -0.15) is 0 Å². The molecule has 2 heterocycles. The summed E-state index contributed by atoms with van der Waals surface area (Å²) in [5.41, 5.74) is 2.17. The van der Waals surface area contributed by atoms with Gasteiger partial charge in [-0.15, -0.1) is 11.3 Å². The van der Waals surface area contributed by atoms with Gasteiger partial charge in [0.1, 0.15) is 11.6 Å². The number of rotatable bonds is 3. The van der Waals surface area contributed by atoms with Crippen molar-refractivity contribution >= 4 is 33.1 Å². The van der Waals surface area contributed by atoms with Gasteiger partial charge in [-0.3, -0.25) is 0 Å². The fraction of sp³-hybridized carbons (Fsp3) is 0.385. The van der Waals surface area contributed by atoms with Crippen molar-refractivity contribution in [2.75, 3.05) is 12.4 Å². The molecular weight excluding hydrogens is 310 g/mol. The molecule has 1 N–H and O–H groups in total. The van der Waals surface area contributed by atoms with E-state index in [1.54, 1.807) is 11.3 Å². The minimum Gasteiger partial charge on any atom is -0.373 e. The summed E-state index contributed by atoms with van der Waals surface area (Å²) in [7, 11) is 1.92. The molecule has 0 atom stereocenters. The molecule has 1 fully saturated rings. The van der Waals surface area contributed by atoms with Gasteiger partial charge >= 0.3 is 0 Å². The quantitative estimate of drug-likeness (QED) is 0.920. The molecule has 0 amide bonds. The van der Waals surface area contributed by atoms with Gasteiger partial charge in [-0.05, 0) is 47.1 Å². The SMILES string of the molecule is CNc1nc(C2CC2)nc(-c2sccc2Br)c1C. The highest BCUT2D eigenvalue weighted by Crippen LogP contribution is 2.41. The molecule has 0 spiro atoms. The topological polar surface area (TPSA) is 37.8 Å². The molecule has 18 heavy (non-hydrogen) atoms. The number of nitrogens with one attached hydrogen (secondary N) is 1. The summed E-state index contributed by atoms with van der Waals surface area (Å²) in [5, 5.41) is 5.26. The molecule has 2 aromatic heterocycles. The second-order valence-corrected chi connectivity index (χ2v) is 6.30. The second-order valence-electron chi connectivity index (χ2n) is 4.53. The molecule has 1 aliphatic rings. The third-order valence-electron chi connectivity index (χ3n) is 3.17. The van der Waals surface area contributed by atoms with Crippen molar-refractivity contribution < 1.29 is 0 Å². The van der Waals surface area contributed by atoms with Crippen molar-refractivity contribution in [1.29, 1.82) is 0 Å². The molecule has 0 bridgehead atoms. The molecule has 0 radical (unpaired) electrons. The zero-order valence-corrected chi connectivity index (χ0v) is 12.7. The minimum atomic E-state index is 0.565. The lowest BCUT2D eigenvalue weighted by atomic mass is 10.2. The number of hydrogen-bond acceptors (Lipinski definition) is 4. The highest BCUT2D eigenvalue weighted by molar-refractivity contribution is 9.10. The molecule has 94 valence electrons. The molecule has 5 heteroatoms. The first-order chi connectivity index (χ1) is 8.70. The maximum absolute atomic E-state index is 4.78. The molecule has 0 unspecified atom stereocenters. The molecule has 0 aromatic carbocycles.